The lowest BCUT2D eigenvalue weighted by Gasteiger charge is -2.30. The topological polar surface area (TPSA) is 18.5 Å². The molecular formula is C13H27N3. The van der Waals surface area contributed by atoms with Gasteiger partial charge in [0.25, 0.3) is 0 Å². The van der Waals surface area contributed by atoms with Crippen molar-refractivity contribution in [3.63, 3.8) is 0 Å². The lowest BCUT2D eigenvalue weighted by atomic mass is 10.1. The quantitative estimate of drug-likeness (QED) is 0.774. The minimum Gasteiger partial charge on any atom is -0.314 e. The molecule has 2 fully saturated rings. The number of hydrogen-bond donors (Lipinski definition) is 1. The Morgan fingerprint density at radius 1 is 1.19 bits per heavy atom. The zero-order chi connectivity index (χ0) is 11.6. The molecule has 0 radical (unpaired) electrons. The fourth-order valence-corrected chi connectivity index (χ4v) is 3.00. The highest BCUT2D eigenvalue weighted by Gasteiger charge is 2.31. The van der Waals surface area contributed by atoms with Crippen LogP contribution in [0.2, 0.25) is 0 Å². The maximum Gasteiger partial charge on any atom is 0.0249 e. The van der Waals surface area contributed by atoms with Crippen LogP contribution in [0, 0.1) is 0 Å². The zero-order valence-electron chi connectivity index (χ0n) is 11.1. The highest BCUT2D eigenvalue weighted by atomic mass is 15.3. The van der Waals surface area contributed by atoms with Crippen LogP contribution in [0.5, 0.6) is 0 Å². The Morgan fingerprint density at radius 2 is 1.88 bits per heavy atom. The van der Waals surface area contributed by atoms with Gasteiger partial charge in [0.1, 0.15) is 0 Å². The predicted molar refractivity (Wildman–Crippen MR) is 68.8 cm³/mol. The smallest absolute Gasteiger partial charge is 0.0249 e. The lowest BCUT2D eigenvalue weighted by Crippen LogP contribution is -2.47. The van der Waals surface area contributed by atoms with Crippen LogP contribution in [-0.4, -0.2) is 61.2 Å². The van der Waals surface area contributed by atoms with Gasteiger partial charge in [0, 0.05) is 24.7 Å². The summed E-state index contributed by atoms with van der Waals surface area (Å²) in [5.74, 6) is 0. The largest absolute Gasteiger partial charge is 0.314 e. The van der Waals surface area contributed by atoms with E-state index < -0.39 is 0 Å². The Balaban J connectivity index is 1.79. The monoisotopic (exact) mass is 225 g/mol. The molecule has 94 valence electrons. The van der Waals surface area contributed by atoms with Gasteiger partial charge in [-0.2, -0.15) is 0 Å². The van der Waals surface area contributed by atoms with Crippen molar-refractivity contribution in [3.8, 4) is 0 Å². The van der Waals surface area contributed by atoms with Gasteiger partial charge in [0.2, 0.25) is 0 Å². The van der Waals surface area contributed by atoms with E-state index >= 15 is 0 Å². The molecule has 1 N–H and O–H groups in total. The second kappa shape index (κ2) is 5.03. The SMILES string of the molecule is CNC(C)(C)CN1CCC(N2CCCC2)C1. The van der Waals surface area contributed by atoms with Gasteiger partial charge >= 0.3 is 0 Å². The average molecular weight is 225 g/mol. The Bertz CT molecular complexity index is 221. The summed E-state index contributed by atoms with van der Waals surface area (Å²) >= 11 is 0. The molecular weight excluding hydrogens is 198 g/mol. The van der Waals surface area contributed by atoms with E-state index in [4.69, 9.17) is 0 Å². The second-order valence-corrected chi connectivity index (χ2v) is 6.05. The molecule has 0 saturated carbocycles. The molecule has 0 aromatic heterocycles. The first-order valence-electron chi connectivity index (χ1n) is 6.76. The number of hydrogen-bond acceptors (Lipinski definition) is 3. The van der Waals surface area contributed by atoms with E-state index in [9.17, 15) is 0 Å². The molecule has 2 rings (SSSR count). The maximum absolute atomic E-state index is 3.40. The molecule has 2 heterocycles. The molecule has 2 saturated heterocycles. The van der Waals surface area contributed by atoms with Gasteiger partial charge in [0.05, 0.1) is 0 Å². The highest BCUT2D eigenvalue weighted by molar-refractivity contribution is 4.89. The van der Waals surface area contributed by atoms with Gasteiger partial charge in [-0.05, 0) is 59.8 Å². The Kier molecular flexibility index (Phi) is 3.88. The molecule has 2 aliphatic heterocycles. The van der Waals surface area contributed by atoms with Crippen molar-refractivity contribution in [2.75, 3.05) is 39.8 Å². The summed E-state index contributed by atoms with van der Waals surface area (Å²) in [7, 11) is 2.06. The van der Waals surface area contributed by atoms with Crippen molar-refractivity contribution in [1.29, 1.82) is 0 Å². The molecule has 0 bridgehead atoms. The first-order valence-corrected chi connectivity index (χ1v) is 6.76. The van der Waals surface area contributed by atoms with Crippen LogP contribution < -0.4 is 5.32 Å². The number of rotatable bonds is 4. The maximum atomic E-state index is 3.40. The predicted octanol–water partition coefficient (Wildman–Crippen LogP) is 1.15. The first kappa shape index (κ1) is 12.3. The minimum atomic E-state index is 0.250. The zero-order valence-corrected chi connectivity index (χ0v) is 11.1. The average Bonchev–Trinajstić information content (AvgIpc) is 2.86. The van der Waals surface area contributed by atoms with E-state index in [0.717, 1.165) is 6.04 Å². The lowest BCUT2D eigenvalue weighted by molar-refractivity contribution is 0.206. The summed E-state index contributed by atoms with van der Waals surface area (Å²) < 4.78 is 0. The molecule has 0 amide bonds. The van der Waals surface area contributed by atoms with Crippen molar-refractivity contribution in [3.05, 3.63) is 0 Å². The van der Waals surface area contributed by atoms with Gasteiger partial charge in [-0.3, -0.25) is 9.80 Å². The van der Waals surface area contributed by atoms with Crippen LogP contribution in [0.15, 0.2) is 0 Å². The van der Waals surface area contributed by atoms with Gasteiger partial charge in [-0.15, -0.1) is 0 Å². The summed E-state index contributed by atoms with van der Waals surface area (Å²) in [6.45, 7) is 11.0. The van der Waals surface area contributed by atoms with Crippen LogP contribution >= 0.6 is 0 Å². The van der Waals surface area contributed by atoms with E-state index in [0.29, 0.717) is 0 Å². The molecule has 0 spiro atoms. The minimum absolute atomic E-state index is 0.250. The van der Waals surface area contributed by atoms with Gasteiger partial charge in [-0.25, -0.2) is 0 Å². The fraction of sp³-hybridized carbons (Fsp3) is 1.00. The van der Waals surface area contributed by atoms with Gasteiger partial charge in [0.15, 0.2) is 0 Å². The molecule has 1 atom stereocenters. The number of nitrogens with one attached hydrogen (secondary N) is 1. The van der Waals surface area contributed by atoms with Crippen molar-refractivity contribution < 1.29 is 0 Å². The van der Waals surface area contributed by atoms with Gasteiger partial charge in [-0.1, -0.05) is 0 Å². The number of likely N-dealkylation sites (N-methyl/N-ethyl adjacent to an activating group) is 1. The summed E-state index contributed by atoms with van der Waals surface area (Å²) in [5, 5.41) is 3.40. The van der Waals surface area contributed by atoms with Crippen molar-refractivity contribution in [1.82, 2.24) is 15.1 Å². The van der Waals surface area contributed by atoms with Crippen LogP contribution in [0.25, 0.3) is 0 Å². The molecule has 3 nitrogen and oxygen atoms in total. The summed E-state index contributed by atoms with van der Waals surface area (Å²) in [5.41, 5.74) is 0.250. The van der Waals surface area contributed by atoms with E-state index in [1.54, 1.807) is 0 Å². The van der Waals surface area contributed by atoms with Crippen molar-refractivity contribution in [2.45, 2.75) is 44.7 Å². The molecule has 2 aliphatic rings. The third-order valence-electron chi connectivity index (χ3n) is 4.20. The van der Waals surface area contributed by atoms with Crippen LogP contribution in [0.3, 0.4) is 0 Å². The normalized spacial score (nSPS) is 29.1. The van der Waals surface area contributed by atoms with E-state index in [2.05, 4.69) is 36.0 Å². The molecule has 0 aromatic rings. The van der Waals surface area contributed by atoms with Crippen molar-refractivity contribution >= 4 is 0 Å². The Morgan fingerprint density at radius 3 is 2.50 bits per heavy atom. The van der Waals surface area contributed by atoms with Crippen molar-refractivity contribution in [2.24, 2.45) is 0 Å². The summed E-state index contributed by atoms with van der Waals surface area (Å²) in [4.78, 5) is 5.33. The fourth-order valence-electron chi connectivity index (χ4n) is 3.00. The molecule has 3 heteroatoms. The molecule has 0 aromatic carbocycles. The molecule has 16 heavy (non-hydrogen) atoms. The van der Waals surface area contributed by atoms with Crippen LogP contribution in [0.1, 0.15) is 33.1 Å². The third-order valence-corrected chi connectivity index (χ3v) is 4.20. The van der Waals surface area contributed by atoms with Crippen LogP contribution in [-0.2, 0) is 0 Å². The highest BCUT2D eigenvalue weighted by Crippen LogP contribution is 2.21. The number of nitrogens with zero attached hydrogens (tertiary/aromatic N) is 2. The summed E-state index contributed by atoms with van der Waals surface area (Å²) in [6.07, 6.45) is 4.21. The molecule has 1 unspecified atom stereocenters. The van der Waals surface area contributed by atoms with Crippen LogP contribution in [0.4, 0.5) is 0 Å². The molecule has 0 aliphatic carbocycles. The first-order chi connectivity index (χ1) is 7.61. The van der Waals surface area contributed by atoms with E-state index in [1.807, 2.05) is 0 Å². The standard InChI is InChI=1S/C13H27N3/c1-13(2,14-3)11-15-9-6-12(10-15)16-7-4-5-8-16/h12,14H,4-11H2,1-3H3. The van der Waals surface area contributed by atoms with E-state index in [1.165, 1.54) is 52.0 Å². The Hall–Kier alpha value is -0.120. The van der Waals surface area contributed by atoms with Gasteiger partial charge < -0.3 is 5.32 Å². The Labute approximate surface area is 100 Å². The second-order valence-electron chi connectivity index (χ2n) is 6.05. The summed E-state index contributed by atoms with van der Waals surface area (Å²) in [6, 6.07) is 0.843. The number of likely N-dealkylation sites (tertiary alicyclic amines) is 2. The van der Waals surface area contributed by atoms with E-state index in [-0.39, 0.29) is 5.54 Å². The third kappa shape index (κ3) is 2.96.